The normalized spacial score (nSPS) is 20.9. The van der Waals surface area contributed by atoms with Crippen molar-refractivity contribution in [2.45, 2.75) is 187 Å². The van der Waals surface area contributed by atoms with Gasteiger partial charge in [0.1, 0.15) is 57.0 Å². The lowest BCUT2D eigenvalue weighted by Crippen LogP contribution is -2.63. The van der Waals surface area contributed by atoms with Crippen molar-refractivity contribution in [2.75, 3.05) is 33.2 Å². The van der Waals surface area contributed by atoms with Crippen molar-refractivity contribution in [3.8, 4) is 33.8 Å². The fourth-order valence-corrected chi connectivity index (χ4v) is 16.0. The predicted octanol–water partition coefficient (Wildman–Crippen LogP) is 11.6. The van der Waals surface area contributed by atoms with E-state index in [1.807, 2.05) is 58.0 Å². The van der Waals surface area contributed by atoms with Gasteiger partial charge >= 0.3 is 0 Å². The first-order valence-electron chi connectivity index (χ1n) is 33.7. The molecule has 0 saturated heterocycles. The van der Waals surface area contributed by atoms with E-state index in [1.165, 1.54) is 45.2 Å². The number of benzene rings is 3. The third-order valence-electron chi connectivity index (χ3n) is 20.9. The molecule has 26 nitrogen and oxygen atoms in total. The third kappa shape index (κ3) is 13.3. The van der Waals surface area contributed by atoms with Gasteiger partial charge < -0.3 is 48.8 Å². The van der Waals surface area contributed by atoms with Crippen LogP contribution in [0.5, 0.6) is 0 Å². The zero-order chi connectivity index (χ0) is 74.2. The Balaban J connectivity index is 0.000000147. The molecule has 8 fully saturated rings. The first kappa shape index (κ1) is 73.0. The highest BCUT2D eigenvalue weighted by Crippen LogP contribution is 2.74. The molecule has 0 aliphatic heterocycles. The van der Waals surface area contributed by atoms with Gasteiger partial charge in [0.25, 0.3) is 17.7 Å². The molecule has 31 heteroatoms. The number of nitrogen functional groups attached to an aromatic ring is 3. The first-order valence-corrected chi connectivity index (χ1v) is 34.5. The Bertz CT molecular complexity index is 4730. The van der Waals surface area contributed by atoms with Crippen molar-refractivity contribution in [2.24, 2.45) is 28.0 Å². The number of carbonyl (C=O) groups excluding carboxylic acids is 6. The van der Waals surface area contributed by atoms with Gasteiger partial charge in [0.2, 0.25) is 29.5 Å². The monoisotopic (exact) mass is 1450 g/mol. The van der Waals surface area contributed by atoms with Crippen LogP contribution >= 0.6 is 11.5 Å². The second kappa shape index (κ2) is 25.9. The average Bonchev–Trinajstić information content (AvgIpc) is 0.863. The van der Waals surface area contributed by atoms with Gasteiger partial charge in [0, 0.05) is 61.7 Å². The van der Waals surface area contributed by atoms with Gasteiger partial charge in [-0.1, -0.05) is 88.8 Å². The van der Waals surface area contributed by atoms with Gasteiger partial charge in [0.15, 0.2) is 23.3 Å². The van der Waals surface area contributed by atoms with Gasteiger partial charge in [-0.25, -0.2) is 31.6 Å². The molecule has 104 heavy (non-hydrogen) atoms. The predicted molar refractivity (Wildman–Crippen MR) is 383 cm³/mol. The van der Waals surface area contributed by atoms with Crippen molar-refractivity contribution >= 4 is 82.0 Å². The van der Waals surface area contributed by atoms with E-state index in [9.17, 15) is 28.8 Å². The van der Waals surface area contributed by atoms with E-state index < -0.39 is 76.7 Å². The summed E-state index contributed by atoms with van der Waals surface area (Å²) in [5.41, 5.74) is 37.2. The van der Waals surface area contributed by atoms with Gasteiger partial charge in [-0.2, -0.15) is 19.7 Å². The molecule has 9 aromatic rings. The number of nitrogens with two attached hydrogens (primary N) is 6. The first-order chi connectivity index (χ1) is 48.3. The van der Waals surface area contributed by atoms with Crippen LogP contribution in [0.2, 0.25) is 0 Å². The molecule has 8 saturated carbocycles. The maximum atomic E-state index is 15.2. The molecule has 17 rings (SSSR count). The molecular weight excluding hydrogens is 1360 g/mol. The number of hydrogen-bond acceptors (Lipinski definition) is 18. The number of halogens is 4. The molecule has 0 radical (unpaired) electrons. The smallest absolute Gasteiger partial charge is 0.254 e. The summed E-state index contributed by atoms with van der Waals surface area (Å²) < 4.78 is 79.6. The number of rotatable bonds is 20. The molecule has 8 aliphatic rings. The number of aromatic nitrogens is 9. The zero-order valence-corrected chi connectivity index (χ0v) is 59.1. The van der Waals surface area contributed by atoms with Gasteiger partial charge in [-0.05, 0) is 143 Å². The van der Waals surface area contributed by atoms with Gasteiger partial charge in [0.05, 0.1) is 41.7 Å². The fourth-order valence-electron chi connectivity index (χ4n) is 15.3. The Morgan fingerprint density at radius 2 is 0.952 bits per heavy atom. The standard InChI is InChI=1S/2C25H26F2N6O3.C22H28N6O2S.CH4/c2*1-23-9-25(10-23,11-23)14-8-16(36-32-14)30-15(34)7-12-3-4-13(19(27)18(12)26)20-17(22(29)35)21(28)33(31-20)24(2)5-6-24;1-12(2)28-20(23)18(21(24)30)19(26-28)14-8-6-13(7-9-14)10-17(29)25-16-11-15(31-27-16)22(3,4)5;/h2*3-4,8H,5-7,9-11,28H2,1-2H3,(H2,29,35)(H,30,34);6-9,11-12H,10,23H2,1-5H3,(H2,24,30)(H,25,27,29);1H4. The molecule has 15 N–H and O–H groups in total. The SMILES string of the molecule is C.CC(C)n1nc(-c2ccc(CC(=O)Nc3cc(C(C)(C)C)sn3)cc2)c(C(N)=O)c1N.CC12CC(c3cc(NC(=O)Cc4ccc(-c5nn(C6(C)CC6)c(N)c5C(N)=O)c(F)c4F)on3)(C1)C2.CC12CC(c3cc(NC(=O)Cc4ccc(-c5nn(C6(C)CC6)c(N)c5C(N)=O)c(F)c4F)on3)(C1)C2. The summed E-state index contributed by atoms with van der Waals surface area (Å²) in [5, 5.41) is 29.2. The van der Waals surface area contributed by atoms with Crippen molar-refractivity contribution in [3.05, 3.63) is 140 Å². The molecule has 0 unspecified atom stereocenters. The average molecular weight is 1450 g/mol. The number of nitrogens with one attached hydrogen (secondary N) is 3. The van der Waals surface area contributed by atoms with Crippen LogP contribution in [0, 0.1) is 34.1 Å². The van der Waals surface area contributed by atoms with Gasteiger partial charge in [-0.15, -0.1) is 0 Å². The minimum Gasteiger partial charge on any atom is -0.383 e. The number of anilines is 6. The van der Waals surface area contributed by atoms with E-state index in [-0.39, 0.29) is 122 Å². The molecule has 548 valence electrons. The highest BCUT2D eigenvalue weighted by molar-refractivity contribution is 7.06. The maximum absolute atomic E-state index is 15.2. The van der Waals surface area contributed by atoms with Crippen molar-refractivity contribution in [3.63, 3.8) is 0 Å². The summed E-state index contributed by atoms with van der Waals surface area (Å²) in [4.78, 5) is 74.7. The van der Waals surface area contributed by atoms with Crippen LogP contribution in [-0.4, -0.2) is 79.5 Å². The van der Waals surface area contributed by atoms with Crippen LogP contribution in [0.1, 0.15) is 204 Å². The number of carbonyl (C=O) groups is 6. The van der Waals surface area contributed by atoms with Crippen LogP contribution < -0.4 is 50.4 Å². The molecule has 0 spiro atoms. The summed E-state index contributed by atoms with van der Waals surface area (Å²) >= 11 is 1.39. The van der Waals surface area contributed by atoms with E-state index in [0.29, 0.717) is 27.9 Å². The van der Waals surface area contributed by atoms with E-state index in [2.05, 4.69) is 80.6 Å². The fraction of sp³-hybridized carbons (Fsp3) is 0.425. The second-order valence-corrected chi connectivity index (χ2v) is 32.0. The second-order valence-electron chi connectivity index (χ2n) is 31.2. The Labute approximate surface area is 599 Å². The largest absolute Gasteiger partial charge is 0.383 e. The van der Waals surface area contributed by atoms with Crippen LogP contribution in [0.4, 0.5) is 52.6 Å². The highest BCUT2D eigenvalue weighted by Gasteiger charge is 2.68. The van der Waals surface area contributed by atoms with Crippen LogP contribution in [-0.2, 0) is 61.0 Å². The summed E-state index contributed by atoms with van der Waals surface area (Å²) in [6.45, 7) is 18.4. The van der Waals surface area contributed by atoms with Crippen LogP contribution in [0.25, 0.3) is 33.8 Å². The number of amides is 6. The molecule has 6 amide bonds. The minimum absolute atomic E-state index is 0. The van der Waals surface area contributed by atoms with E-state index in [1.54, 1.807) is 16.8 Å². The molecule has 8 aliphatic carbocycles. The van der Waals surface area contributed by atoms with Crippen molar-refractivity contribution in [1.82, 2.24) is 44.0 Å². The molecule has 3 aromatic carbocycles. The summed E-state index contributed by atoms with van der Waals surface area (Å²) in [6.07, 6.45) is 8.80. The quantitative estimate of drug-likeness (QED) is 0.0320. The lowest BCUT2D eigenvalue weighted by molar-refractivity contribution is -0.129. The zero-order valence-electron chi connectivity index (χ0n) is 58.3. The lowest BCUT2D eigenvalue weighted by atomic mass is 9.35. The number of primary amides is 3. The topological polar surface area (TPSA) is 413 Å². The van der Waals surface area contributed by atoms with Crippen LogP contribution in [0.15, 0.2) is 75.8 Å². The Hall–Kier alpha value is -10.7. The third-order valence-corrected chi connectivity index (χ3v) is 22.1. The van der Waals surface area contributed by atoms with Crippen molar-refractivity contribution < 1.29 is 55.4 Å². The molecule has 6 heterocycles. The van der Waals surface area contributed by atoms with E-state index >= 15 is 17.6 Å². The van der Waals surface area contributed by atoms with Crippen molar-refractivity contribution in [1.29, 1.82) is 0 Å². The van der Waals surface area contributed by atoms with Gasteiger partial charge in [-0.3, -0.25) is 39.4 Å². The maximum Gasteiger partial charge on any atom is 0.254 e. The minimum atomic E-state index is -1.24. The summed E-state index contributed by atoms with van der Waals surface area (Å²) in [7, 11) is 0. The molecular formula is C73H84F4N18O8S. The number of hydrogen-bond donors (Lipinski definition) is 9. The van der Waals surface area contributed by atoms with E-state index in [4.69, 9.17) is 43.4 Å². The molecule has 0 atom stereocenters. The Morgan fingerprint density at radius 1 is 0.548 bits per heavy atom. The van der Waals surface area contributed by atoms with Crippen LogP contribution in [0.3, 0.4) is 0 Å². The molecule has 4 bridgehead atoms. The summed E-state index contributed by atoms with van der Waals surface area (Å²) in [5.74, 6) is -7.45. The highest BCUT2D eigenvalue weighted by atomic mass is 32.1. The molecule has 6 aromatic heterocycles. The Morgan fingerprint density at radius 3 is 1.32 bits per heavy atom. The Kier molecular flexibility index (Phi) is 18.2. The van der Waals surface area contributed by atoms with E-state index in [0.717, 1.165) is 86.0 Å². The number of nitrogens with zero attached hydrogens (tertiary/aromatic N) is 9. The summed E-state index contributed by atoms with van der Waals surface area (Å²) in [6, 6.07) is 17.6. The lowest BCUT2D eigenvalue weighted by Gasteiger charge is -2.68.